The van der Waals surface area contributed by atoms with E-state index < -0.39 is 28.3 Å². The summed E-state index contributed by atoms with van der Waals surface area (Å²) in [6, 6.07) is 7.53. The third kappa shape index (κ3) is 5.90. The maximum absolute atomic E-state index is 14.1. The lowest BCUT2D eigenvalue weighted by atomic mass is 10.1. The number of hydrogen-bond donors (Lipinski definition) is 2. The second-order valence-corrected chi connectivity index (χ2v) is 7.63. The molecule has 0 fully saturated rings. The Morgan fingerprint density at radius 1 is 1.10 bits per heavy atom. The number of benzene rings is 2. The summed E-state index contributed by atoms with van der Waals surface area (Å²) in [6.07, 6.45) is -0.849. The smallest absolute Gasteiger partial charge is 0.412 e. The standard InChI is InChI=1S/C20H23FN4O5/c1-20(2,3)30-19(27)23-16-10-12(6-8-15(16)21)22-18(26)14-11-13(25(28)29)7-9-17(14)24(4)5/h6-11H,1-5H3,(H,22,26)(H,23,27). The monoisotopic (exact) mass is 418 g/mol. The van der Waals surface area contributed by atoms with Crippen molar-refractivity contribution in [3.05, 3.63) is 57.9 Å². The zero-order valence-electron chi connectivity index (χ0n) is 17.3. The van der Waals surface area contributed by atoms with Crippen LogP contribution in [0.5, 0.6) is 0 Å². The van der Waals surface area contributed by atoms with E-state index in [-0.39, 0.29) is 22.6 Å². The fourth-order valence-electron chi connectivity index (χ4n) is 2.52. The van der Waals surface area contributed by atoms with Crippen LogP contribution in [0.15, 0.2) is 36.4 Å². The molecule has 0 radical (unpaired) electrons. The van der Waals surface area contributed by atoms with Crippen molar-refractivity contribution < 1.29 is 23.6 Å². The summed E-state index contributed by atoms with van der Waals surface area (Å²) in [5.74, 6) is -1.35. The van der Waals surface area contributed by atoms with Crippen molar-refractivity contribution in [2.75, 3.05) is 29.6 Å². The minimum atomic E-state index is -0.849. The maximum Gasteiger partial charge on any atom is 0.412 e. The molecule has 0 atom stereocenters. The molecular weight excluding hydrogens is 395 g/mol. The number of carbonyl (C=O) groups excluding carboxylic acids is 2. The Kier molecular flexibility index (Phi) is 6.60. The fraction of sp³-hybridized carbons (Fsp3) is 0.300. The Bertz CT molecular complexity index is 986. The Balaban J connectivity index is 2.28. The van der Waals surface area contributed by atoms with Crippen molar-refractivity contribution in [1.82, 2.24) is 0 Å². The van der Waals surface area contributed by atoms with E-state index in [9.17, 15) is 24.1 Å². The van der Waals surface area contributed by atoms with Crippen molar-refractivity contribution in [3.63, 3.8) is 0 Å². The highest BCUT2D eigenvalue weighted by Gasteiger charge is 2.20. The van der Waals surface area contributed by atoms with Crippen molar-refractivity contribution in [2.45, 2.75) is 26.4 Å². The number of hydrogen-bond acceptors (Lipinski definition) is 6. The lowest BCUT2D eigenvalue weighted by Crippen LogP contribution is -2.27. The number of anilines is 3. The molecule has 9 nitrogen and oxygen atoms in total. The number of halogens is 1. The van der Waals surface area contributed by atoms with Crippen LogP contribution in [0.25, 0.3) is 0 Å². The second-order valence-electron chi connectivity index (χ2n) is 7.63. The van der Waals surface area contributed by atoms with Crippen LogP contribution < -0.4 is 15.5 Å². The van der Waals surface area contributed by atoms with Gasteiger partial charge in [-0.25, -0.2) is 9.18 Å². The van der Waals surface area contributed by atoms with Gasteiger partial charge in [0.15, 0.2) is 0 Å². The summed E-state index contributed by atoms with van der Waals surface area (Å²) in [4.78, 5) is 36.8. The van der Waals surface area contributed by atoms with Gasteiger partial charge in [-0.2, -0.15) is 0 Å². The van der Waals surface area contributed by atoms with Gasteiger partial charge in [-0.15, -0.1) is 0 Å². The van der Waals surface area contributed by atoms with E-state index in [0.29, 0.717) is 5.69 Å². The number of nitrogens with zero attached hydrogens (tertiary/aromatic N) is 2. The van der Waals surface area contributed by atoms with E-state index in [1.165, 1.54) is 24.3 Å². The highest BCUT2D eigenvalue weighted by Crippen LogP contribution is 2.26. The van der Waals surface area contributed by atoms with Gasteiger partial charge in [0.2, 0.25) is 0 Å². The molecule has 0 saturated carbocycles. The molecule has 2 rings (SSSR count). The molecule has 0 heterocycles. The highest BCUT2D eigenvalue weighted by atomic mass is 19.1. The van der Waals surface area contributed by atoms with Gasteiger partial charge in [-0.1, -0.05) is 0 Å². The van der Waals surface area contributed by atoms with Gasteiger partial charge in [0.05, 0.1) is 16.2 Å². The molecule has 30 heavy (non-hydrogen) atoms. The Morgan fingerprint density at radius 2 is 1.77 bits per heavy atom. The molecule has 2 aromatic carbocycles. The van der Waals surface area contributed by atoms with Crippen LogP contribution in [-0.2, 0) is 4.74 Å². The van der Waals surface area contributed by atoms with Crippen LogP contribution in [-0.4, -0.2) is 36.6 Å². The first-order chi connectivity index (χ1) is 13.9. The predicted molar refractivity (Wildman–Crippen MR) is 112 cm³/mol. The third-order valence-corrected chi connectivity index (χ3v) is 3.78. The average molecular weight is 418 g/mol. The van der Waals surface area contributed by atoms with E-state index in [1.807, 2.05) is 0 Å². The number of carbonyl (C=O) groups is 2. The quantitative estimate of drug-likeness (QED) is 0.550. The Hall–Kier alpha value is -3.69. The Labute approximate surface area is 173 Å². The zero-order valence-corrected chi connectivity index (χ0v) is 17.3. The molecular formula is C20H23FN4O5. The van der Waals surface area contributed by atoms with Crippen molar-refractivity contribution >= 4 is 34.7 Å². The number of ether oxygens (including phenoxy) is 1. The summed E-state index contributed by atoms with van der Waals surface area (Å²) in [7, 11) is 3.39. The lowest BCUT2D eigenvalue weighted by molar-refractivity contribution is -0.384. The zero-order chi connectivity index (χ0) is 22.6. The molecule has 0 unspecified atom stereocenters. The van der Waals surface area contributed by atoms with E-state index >= 15 is 0 Å². The molecule has 0 aliphatic heterocycles. The summed E-state index contributed by atoms with van der Waals surface area (Å²) in [5, 5.41) is 15.9. The molecule has 0 aliphatic carbocycles. The number of nitro groups is 1. The topological polar surface area (TPSA) is 114 Å². The number of non-ortho nitro benzene ring substituents is 1. The fourth-order valence-corrected chi connectivity index (χ4v) is 2.52. The molecule has 0 saturated heterocycles. The molecule has 160 valence electrons. The number of nitrogens with one attached hydrogen (secondary N) is 2. The average Bonchev–Trinajstić information content (AvgIpc) is 2.62. The predicted octanol–water partition coefficient (Wildman–Crippen LogP) is 4.40. The normalized spacial score (nSPS) is 10.9. The van der Waals surface area contributed by atoms with Gasteiger partial charge < -0.3 is 15.0 Å². The van der Waals surface area contributed by atoms with Crippen LogP contribution in [0.2, 0.25) is 0 Å². The lowest BCUT2D eigenvalue weighted by Gasteiger charge is -2.20. The molecule has 0 aromatic heterocycles. The van der Waals surface area contributed by atoms with Crippen molar-refractivity contribution in [1.29, 1.82) is 0 Å². The largest absolute Gasteiger partial charge is 0.444 e. The van der Waals surface area contributed by atoms with Gasteiger partial charge in [0.25, 0.3) is 11.6 Å². The first kappa shape index (κ1) is 22.6. The van der Waals surface area contributed by atoms with Crippen LogP contribution in [0.3, 0.4) is 0 Å². The molecule has 2 N–H and O–H groups in total. The third-order valence-electron chi connectivity index (χ3n) is 3.78. The molecule has 2 amide bonds. The minimum Gasteiger partial charge on any atom is -0.444 e. The SMILES string of the molecule is CN(C)c1ccc([N+](=O)[O-])cc1C(=O)Nc1ccc(F)c(NC(=O)OC(C)(C)C)c1. The first-order valence-electron chi connectivity index (χ1n) is 8.94. The Morgan fingerprint density at radius 3 is 2.33 bits per heavy atom. The van der Waals surface area contributed by atoms with Gasteiger partial charge >= 0.3 is 6.09 Å². The van der Waals surface area contributed by atoms with Crippen molar-refractivity contribution in [2.24, 2.45) is 0 Å². The number of rotatable bonds is 5. The van der Waals surface area contributed by atoms with Gasteiger partial charge in [-0.3, -0.25) is 20.2 Å². The summed E-state index contributed by atoms with van der Waals surface area (Å²) >= 11 is 0. The number of nitro benzene ring substituents is 1. The molecule has 0 spiro atoms. The summed E-state index contributed by atoms with van der Waals surface area (Å²) in [6.45, 7) is 5.00. The van der Waals surface area contributed by atoms with Crippen LogP contribution in [0.4, 0.5) is 31.9 Å². The maximum atomic E-state index is 14.1. The van der Waals surface area contributed by atoms with Crippen LogP contribution in [0, 0.1) is 15.9 Å². The highest BCUT2D eigenvalue weighted by molar-refractivity contribution is 6.08. The minimum absolute atomic E-state index is 0.0696. The van der Waals surface area contributed by atoms with Crippen molar-refractivity contribution in [3.8, 4) is 0 Å². The molecule has 10 heteroatoms. The second kappa shape index (κ2) is 8.76. The van der Waals surface area contributed by atoms with E-state index in [1.54, 1.807) is 39.8 Å². The van der Waals surface area contributed by atoms with Crippen LogP contribution >= 0.6 is 0 Å². The van der Waals surface area contributed by atoms with Gasteiger partial charge in [-0.05, 0) is 45.0 Å². The summed E-state index contributed by atoms with van der Waals surface area (Å²) < 4.78 is 19.2. The molecule has 0 bridgehead atoms. The van der Waals surface area contributed by atoms with Gasteiger partial charge in [0.1, 0.15) is 11.4 Å². The van der Waals surface area contributed by atoms with E-state index in [4.69, 9.17) is 4.74 Å². The summed E-state index contributed by atoms with van der Waals surface area (Å²) in [5.41, 5.74) is -0.473. The van der Waals surface area contributed by atoms with Gasteiger partial charge in [0, 0.05) is 37.6 Å². The number of amides is 2. The van der Waals surface area contributed by atoms with E-state index in [0.717, 1.165) is 12.1 Å². The van der Waals surface area contributed by atoms with Crippen LogP contribution in [0.1, 0.15) is 31.1 Å². The molecule has 0 aliphatic rings. The first-order valence-corrected chi connectivity index (χ1v) is 8.94. The molecule has 2 aromatic rings. The van der Waals surface area contributed by atoms with E-state index in [2.05, 4.69) is 10.6 Å².